The van der Waals surface area contributed by atoms with E-state index in [1.807, 2.05) is 6.07 Å². The average molecular weight is 314 g/mol. The van der Waals surface area contributed by atoms with Gasteiger partial charge in [0.25, 0.3) is 5.91 Å². The molecule has 1 saturated heterocycles. The zero-order chi connectivity index (χ0) is 13.1. The fraction of sp³-hybridized carbons (Fsp3) is 0.462. The van der Waals surface area contributed by atoms with Gasteiger partial charge in [0.1, 0.15) is 5.75 Å². The second-order valence-corrected chi connectivity index (χ2v) is 5.31. The van der Waals surface area contributed by atoms with Crippen LogP contribution in [0.2, 0.25) is 0 Å². The number of aliphatic hydroxyl groups is 1. The van der Waals surface area contributed by atoms with E-state index in [0.717, 1.165) is 17.3 Å². The van der Waals surface area contributed by atoms with Crippen LogP contribution in [0.25, 0.3) is 0 Å². The van der Waals surface area contributed by atoms with Crippen LogP contribution in [0, 0.1) is 0 Å². The molecular weight excluding hydrogens is 298 g/mol. The molecular formula is C13H16BrNO3. The lowest BCUT2D eigenvalue weighted by molar-refractivity contribution is 0.0471. The van der Waals surface area contributed by atoms with Gasteiger partial charge in [-0.1, -0.05) is 15.9 Å². The first-order valence-corrected chi connectivity index (χ1v) is 6.72. The summed E-state index contributed by atoms with van der Waals surface area (Å²) in [6.45, 7) is 1.09. The van der Waals surface area contributed by atoms with Crippen molar-refractivity contribution in [3.8, 4) is 5.75 Å². The molecule has 2 rings (SSSR count). The zero-order valence-corrected chi connectivity index (χ0v) is 11.8. The monoisotopic (exact) mass is 313 g/mol. The van der Waals surface area contributed by atoms with E-state index in [9.17, 15) is 9.90 Å². The van der Waals surface area contributed by atoms with Crippen LogP contribution in [0.1, 0.15) is 23.2 Å². The molecule has 5 heteroatoms. The van der Waals surface area contributed by atoms with Gasteiger partial charge in [-0.25, -0.2) is 0 Å². The van der Waals surface area contributed by atoms with E-state index in [4.69, 9.17) is 4.74 Å². The molecule has 0 unspecified atom stereocenters. The lowest BCUT2D eigenvalue weighted by atomic mass is 10.1. The van der Waals surface area contributed by atoms with E-state index in [-0.39, 0.29) is 5.91 Å². The van der Waals surface area contributed by atoms with Crippen molar-refractivity contribution < 1.29 is 14.6 Å². The molecule has 1 aromatic carbocycles. The van der Waals surface area contributed by atoms with Gasteiger partial charge in [0, 0.05) is 17.6 Å². The number of likely N-dealkylation sites (tertiary alicyclic amines) is 1. The number of aliphatic hydroxyl groups excluding tert-OH is 1. The maximum absolute atomic E-state index is 12.4. The number of amides is 1. The van der Waals surface area contributed by atoms with Gasteiger partial charge >= 0.3 is 0 Å². The van der Waals surface area contributed by atoms with E-state index in [1.54, 1.807) is 24.1 Å². The Kier molecular flexibility index (Phi) is 4.24. The van der Waals surface area contributed by atoms with E-state index >= 15 is 0 Å². The van der Waals surface area contributed by atoms with Crippen LogP contribution in [0.3, 0.4) is 0 Å². The minimum absolute atomic E-state index is 0.0851. The highest BCUT2D eigenvalue weighted by Crippen LogP contribution is 2.25. The molecule has 18 heavy (non-hydrogen) atoms. The third kappa shape index (κ3) is 2.84. The summed E-state index contributed by atoms with van der Waals surface area (Å²) < 4.78 is 6.09. The van der Waals surface area contributed by atoms with E-state index in [0.29, 0.717) is 24.4 Å². The zero-order valence-electron chi connectivity index (χ0n) is 10.2. The average Bonchev–Trinajstić information content (AvgIpc) is 2.37. The largest absolute Gasteiger partial charge is 0.496 e. The maximum atomic E-state index is 12.4. The number of β-amino-alcohol motifs (C(OH)–C–C–N with tert-alkyl or cyclic N) is 1. The number of nitrogens with zero attached hydrogens (tertiary/aromatic N) is 1. The highest BCUT2D eigenvalue weighted by molar-refractivity contribution is 9.10. The summed E-state index contributed by atoms with van der Waals surface area (Å²) in [6.07, 6.45) is 1.19. The molecule has 0 aliphatic carbocycles. The number of methoxy groups -OCH3 is 1. The number of carbonyl (C=O) groups excluding carboxylic acids is 1. The van der Waals surface area contributed by atoms with Crippen molar-refractivity contribution in [1.29, 1.82) is 0 Å². The standard InChI is InChI=1S/C13H16BrNO3/c1-18-12-7-9(14)4-5-11(12)13(17)15-6-2-3-10(16)8-15/h4-5,7,10,16H,2-3,6,8H2,1H3/t10-/m0/s1. The maximum Gasteiger partial charge on any atom is 0.257 e. The quantitative estimate of drug-likeness (QED) is 0.909. The smallest absolute Gasteiger partial charge is 0.257 e. The molecule has 1 fully saturated rings. The molecule has 1 atom stereocenters. The first-order valence-electron chi connectivity index (χ1n) is 5.92. The number of carbonyl (C=O) groups is 1. The fourth-order valence-corrected chi connectivity index (χ4v) is 2.49. The number of hydrogen-bond acceptors (Lipinski definition) is 3. The van der Waals surface area contributed by atoms with Crippen molar-refractivity contribution in [2.75, 3.05) is 20.2 Å². The molecule has 1 aliphatic heterocycles. The number of ether oxygens (including phenoxy) is 1. The van der Waals surface area contributed by atoms with Crippen molar-refractivity contribution in [2.45, 2.75) is 18.9 Å². The highest BCUT2D eigenvalue weighted by atomic mass is 79.9. The number of benzene rings is 1. The van der Waals surface area contributed by atoms with Crippen LogP contribution < -0.4 is 4.74 Å². The summed E-state index contributed by atoms with van der Waals surface area (Å²) >= 11 is 3.35. The molecule has 98 valence electrons. The van der Waals surface area contributed by atoms with E-state index in [2.05, 4.69) is 15.9 Å². The van der Waals surface area contributed by atoms with E-state index < -0.39 is 6.10 Å². The van der Waals surface area contributed by atoms with Crippen LogP contribution in [0.15, 0.2) is 22.7 Å². The van der Waals surface area contributed by atoms with Crippen molar-refractivity contribution >= 4 is 21.8 Å². The van der Waals surface area contributed by atoms with Gasteiger partial charge in [0.2, 0.25) is 0 Å². The Hall–Kier alpha value is -1.07. The van der Waals surface area contributed by atoms with Gasteiger partial charge < -0.3 is 14.7 Å². The summed E-state index contributed by atoms with van der Waals surface area (Å²) in [5.74, 6) is 0.465. The van der Waals surface area contributed by atoms with Crippen molar-refractivity contribution in [1.82, 2.24) is 4.90 Å². The lowest BCUT2D eigenvalue weighted by Crippen LogP contribution is -2.42. The topological polar surface area (TPSA) is 49.8 Å². The number of rotatable bonds is 2. The molecule has 1 N–H and O–H groups in total. The Morgan fingerprint density at radius 1 is 1.56 bits per heavy atom. The molecule has 0 radical (unpaired) electrons. The van der Waals surface area contributed by atoms with Crippen molar-refractivity contribution in [3.63, 3.8) is 0 Å². The predicted octanol–water partition coefficient (Wildman–Crippen LogP) is 2.05. The van der Waals surface area contributed by atoms with E-state index in [1.165, 1.54) is 0 Å². The molecule has 1 aliphatic rings. The molecule has 1 heterocycles. The van der Waals surface area contributed by atoms with Crippen LogP contribution in [-0.4, -0.2) is 42.2 Å². The van der Waals surface area contributed by atoms with Crippen LogP contribution in [0.5, 0.6) is 5.75 Å². The van der Waals surface area contributed by atoms with Gasteiger partial charge in [0.05, 0.1) is 18.8 Å². The Morgan fingerprint density at radius 2 is 2.33 bits per heavy atom. The Balaban J connectivity index is 2.22. The Bertz CT molecular complexity index is 450. The predicted molar refractivity (Wildman–Crippen MR) is 71.8 cm³/mol. The first kappa shape index (κ1) is 13.4. The first-order chi connectivity index (χ1) is 8.61. The molecule has 0 bridgehead atoms. The highest BCUT2D eigenvalue weighted by Gasteiger charge is 2.25. The van der Waals surface area contributed by atoms with Gasteiger partial charge in [-0.3, -0.25) is 4.79 Å². The normalized spacial score (nSPS) is 19.7. The summed E-state index contributed by atoms with van der Waals surface area (Å²) in [7, 11) is 1.55. The number of hydrogen-bond donors (Lipinski definition) is 1. The van der Waals surface area contributed by atoms with Crippen molar-refractivity contribution in [2.24, 2.45) is 0 Å². The SMILES string of the molecule is COc1cc(Br)ccc1C(=O)N1CCC[C@H](O)C1. The minimum Gasteiger partial charge on any atom is -0.496 e. The minimum atomic E-state index is -0.413. The Morgan fingerprint density at radius 3 is 3.00 bits per heavy atom. The third-order valence-electron chi connectivity index (χ3n) is 3.08. The molecule has 1 amide bonds. The fourth-order valence-electron chi connectivity index (χ4n) is 2.15. The molecule has 0 spiro atoms. The molecule has 1 aromatic rings. The molecule has 4 nitrogen and oxygen atoms in total. The lowest BCUT2D eigenvalue weighted by Gasteiger charge is -2.30. The second-order valence-electron chi connectivity index (χ2n) is 4.39. The van der Waals surface area contributed by atoms with Crippen LogP contribution in [-0.2, 0) is 0 Å². The summed E-state index contributed by atoms with van der Waals surface area (Å²) in [5.41, 5.74) is 0.537. The molecule has 0 aromatic heterocycles. The number of halogens is 1. The van der Waals surface area contributed by atoms with Crippen LogP contribution in [0.4, 0.5) is 0 Å². The van der Waals surface area contributed by atoms with Crippen LogP contribution >= 0.6 is 15.9 Å². The third-order valence-corrected chi connectivity index (χ3v) is 3.57. The summed E-state index contributed by atoms with van der Waals surface area (Å²) in [4.78, 5) is 14.0. The summed E-state index contributed by atoms with van der Waals surface area (Å²) in [6, 6.07) is 5.33. The second kappa shape index (κ2) is 5.71. The van der Waals surface area contributed by atoms with Gasteiger partial charge in [-0.2, -0.15) is 0 Å². The molecule has 0 saturated carbocycles. The van der Waals surface area contributed by atoms with Gasteiger partial charge in [-0.15, -0.1) is 0 Å². The van der Waals surface area contributed by atoms with Crippen molar-refractivity contribution in [3.05, 3.63) is 28.2 Å². The Labute approximate surface area is 115 Å². The number of piperidine rings is 1. The van der Waals surface area contributed by atoms with Gasteiger partial charge in [0.15, 0.2) is 0 Å². The van der Waals surface area contributed by atoms with Gasteiger partial charge in [-0.05, 0) is 31.0 Å². The summed E-state index contributed by atoms with van der Waals surface area (Å²) in [5, 5.41) is 9.61.